The van der Waals surface area contributed by atoms with E-state index in [1.165, 1.54) is 39.2 Å². The lowest BCUT2D eigenvalue weighted by molar-refractivity contribution is -0.152. The lowest BCUT2D eigenvalue weighted by atomic mass is 9.88. The fraction of sp³-hybridized carbons (Fsp3) is 0.520. The van der Waals surface area contributed by atoms with Crippen LogP contribution in [-0.4, -0.2) is 53.7 Å². The van der Waals surface area contributed by atoms with Gasteiger partial charge in [-0.1, -0.05) is 49.6 Å². The predicted molar refractivity (Wildman–Crippen MR) is 120 cm³/mol. The number of amides is 1. The molecule has 1 saturated heterocycles. The Morgan fingerprint density at radius 2 is 1.90 bits per heavy atom. The second-order valence-electron chi connectivity index (χ2n) is 9.23. The van der Waals surface area contributed by atoms with Gasteiger partial charge in [-0.25, -0.2) is 0 Å². The van der Waals surface area contributed by atoms with Crippen LogP contribution in [0.2, 0.25) is 0 Å². The third-order valence-electron chi connectivity index (χ3n) is 7.09. The topological polar surface area (TPSA) is 78.9 Å². The maximum atomic E-state index is 13.0. The predicted octanol–water partition coefficient (Wildman–Crippen LogP) is 3.86. The van der Waals surface area contributed by atoms with E-state index in [0.29, 0.717) is 24.3 Å². The number of benzene rings is 2. The number of carbonyl (C=O) groups excluding carboxylic acids is 2. The molecule has 0 unspecified atom stereocenters. The molecule has 6 nitrogen and oxygen atoms in total. The molecule has 2 aliphatic rings. The van der Waals surface area contributed by atoms with E-state index in [1.54, 1.807) is 12.1 Å². The largest absolute Gasteiger partial charge is 0.506 e. The Kier molecular flexibility index (Phi) is 6.19. The Bertz CT molecular complexity index is 969. The van der Waals surface area contributed by atoms with Crippen LogP contribution in [0.4, 0.5) is 0 Å². The van der Waals surface area contributed by atoms with Gasteiger partial charge in [-0.3, -0.25) is 14.5 Å². The van der Waals surface area contributed by atoms with Gasteiger partial charge in [0.1, 0.15) is 11.3 Å². The molecule has 2 N–H and O–H groups in total. The zero-order valence-corrected chi connectivity index (χ0v) is 18.4. The number of aromatic hydroxyl groups is 1. The van der Waals surface area contributed by atoms with E-state index in [4.69, 9.17) is 4.74 Å². The van der Waals surface area contributed by atoms with Crippen molar-refractivity contribution in [2.75, 3.05) is 20.2 Å². The van der Waals surface area contributed by atoms with Gasteiger partial charge >= 0.3 is 5.97 Å². The van der Waals surface area contributed by atoms with Crippen LogP contribution in [0.15, 0.2) is 36.4 Å². The van der Waals surface area contributed by atoms with Crippen LogP contribution < -0.4 is 5.32 Å². The standard InChI is InChI=1S/C25H32N2O4/c1-25(24(30)31-2)14-19(16-27(25)15-17-8-4-3-5-9-17)26-23(29)21-13-12-18-10-6-7-11-20(18)22(21)28/h6-7,10-13,17,19,28H,3-5,8-9,14-16H2,1-2H3,(H,26,29)/t19-,25-/m0/s1. The zero-order valence-electron chi connectivity index (χ0n) is 18.4. The molecule has 1 amide bonds. The average molecular weight is 425 g/mol. The number of rotatable bonds is 5. The molecule has 166 valence electrons. The first kappa shape index (κ1) is 21.6. The monoisotopic (exact) mass is 424 g/mol. The van der Waals surface area contributed by atoms with Crippen LogP contribution in [0.25, 0.3) is 10.8 Å². The van der Waals surface area contributed by atoms with Gasteiger partial charge in [0, 0.05) is 24.5 Å². The summed E-state index contributed by atoms with van der Waals surface area (Å²) in [6, 6.07) is 10.7. The molecule has 0 radical (unpaired) electrons. The minimum atomic E-state index is -0.754. The number of nitrogens with zero attached hydrogens (tertiary/aromatic N) is 1. The Hall–Kier alpha value is -2.60. The smallest absolute Gasteiger partial charge is 0.326 e. The highest BCUT2D eigenvalue weighted by Crippen LogP contribution is 2.35. The van der Waals surface area contributed by atoms with Gasteiger partial charge in [0.25, 0.3) is 5.91 Å². The van der Waals surface area contributed by atoms with E-state index in [0.717, 1.165) is 11.9 Å². The molecule has 1 aliphatic heterocycles. The molecule has 6 heteroatoms. The fourth-order valence-corrected chi connectivity index (χ4v) is 5.33. The third kappa shape index (κ3) is 4.26. The fourth-order valence-electron chi connectivity index (χ4n) is 5.33. The quantitative estimate of drug-likeness (QED) is 0.713. The summed E-state index contributed by atoms with van der Waals surface area (Å²) in [5, 5.41) is 15.2. The number of carbonyl (C=O) groups is 2. The van der Waals surface area contributed by atoms with Crippen LogP contribution in [0.5, 0.6) is 5.75 Å². The van der Waals surface area contributed by atoms with Crippen molar-refractivity contribution in [2.24, 2.45) is 5.92 Å². The van der Waals surface area contributed by atoms with Crippen LogP contribution in [0.1, 0.15) is 55.8 Å². The molecule has 0 bridgehead atoms. The maximum absolute atomic E-state index is 13.0. The minimum Gasteiger partial charge on any atom is -0.506 e. The van der Waals surface area contributed by atoms with Crippen molar-refractivity contribution in [2.45, 2.75) is 57.0 Å². The van der Waals surface area contributed by atoms with Crippen LogP contribution in [0.3, 0.4) is 0 Å². The van der Waals surface area contributed by atoms with Crippen molar-refractivity contribution in [1.29, 1.82) is 0 Å². The molecular weight excluding hydrogens is 392 g/mol. The van der Waals surface area contributed by atoms with Crippen molar-refractivity contribution in [3.8, 4) is 5.75 Å². The van der Waals surface area contributed by atoms with E-state index in [9.17, 15) is 14.7 Å². The van der Waals surface area contributed by atoms with E-state index in [1.807, 2.05) is 31.2 Å². The summed E-state index contributed by atoms with van der Waals surface area (Å²) in [6.45, 7) is 3.36. The highest BCUT2D eigenvalue weighted by molar-refractivity contribution is 6.03. The molecule has 2 atom stereocenters. The first-order valence-corrected chi connectivity index (χ1v) is 11.3. The summed E-state index contributed by atoms with van der Waals surface area (Å²) in [7, 11) is 1.42. The molecule has 1 aliphatic carbocycles. The number of nitrogens with one attached hydrogen (secondary N) is 1. The molecule has 4 rings (SSSR count). The van der Waals surface area contributed by atoms with E-state index in [2.05, 4.69) is 10.2 Å². The summed E-state index contributed by atoms with van der Waals surface area (Å²) < 4.78 is 5.13. The molecular formula is C25H32N2O4. The van der Waals surface area contributed by atoms with Crippen LogP contribution in [0, 0.1) is 5.92 Å². The molecule has 2 fully saturated rings. The van der Waals surface area contributed by atoms with Gasteiger partial charge in [-0.15, -0.1) is 0 Å². The number of hydrogen-bond acceptors (Lipinski definition) is 5. The molecule has 0 spiro atoms. The number of ether oxygens (including phenoxy) is 1. The summed E-state index contributed by atoms with van der Waals surface area (Å²) in [5.41, 5.74) is -0.501. The van der Waals surface area contributed by atoms with Crippen molar-refractivity contribution in [3.63, 3.8) is 0 Å². The van der Waals surface area contributed by atoms with Gasteiger partial charge in [0.2, 0.25) is 0 Å². The minimum absolute atomic E-state index is 0.0108. The second-order valence-corrected chi connectivity index (χ2v) is 9.23. The maximum Gasteiger partial charge on any atom is 0.326 e. The Morgan fingerprint density at radius 1 is 1.16 bits per heavy atom. The first-order valence-electron chi connectivity index (χ1n) is 11.3. The summed E-state index contributed by atoms with van der Waals surface area (Å²) in [6.07, 6.45) is 6.65. The number of likely N-dealkylation sites (tertiary alicyclic amines) is 1. The highest BCUT2D eigenvalue weighted by atomic mass is 16.5. The Balaban J connectivity index is 1.51. The van der Waals surface area contributed by atoms with Gasteiger partial charge in [-0.2, -0.15) is 0 Å². The zero-order chi connectivity index (χ0) is 22.0. The van der Waals surface area contributed by atoms with Gasteiger partial charge in [-0.05, 0) is 43.6 Å². The van der Waals surface area contributed by atoms with E-state index < -0.39 is 5.54 Å². The van der Waals surface area contributed by atoms with Crippen LogP contribution in [-0.2, 0) is 9.53 Å². The number of phenols is 1. The lowest BCUT2D eigenvalue weighted by Crippen LogP contribution is -2.50. The highest BCUT2D eigenvalue weighted by Gasteiger charge is 2.49. The summed E-state index contributed by atoms with van der Waals surface area (Å²) in [4.78, 5) is 27.9. The second kappa shape index (κ2) is 8.87. The van der Waals surface area contributed by atoms with Gasteiger partial charge < -0.3 is 15.2 Å². The summed E-state index contributed by atoms with van der Waals surface area (Å²) in [5.74, 6) is -0.00583. The average Bonchev–Trinajstić information content (AvgIpc) is 3.09. The first-order chi connectivity index (χ1) is 14.9. The van der Waals surface area contributed by atoms with E-state index >= 15 is 0 Å². The Morgan fingerprint density at radius 3 is 2.65 bits per heavy atom. The van der Waals surface area contributed by atoms with E-state index in [-0.39, 0.29) is 29.2 Å². The molecule has 1 heterocycles. The normalized spacial score (nSPS) is 24.9. The van der Waals surface area contributed by atoms with Gasteiger partial charge in [0.15, 0.2) is 0 Å². The van der Waals surface area contributed by atoms with Crippen molar-refractivity contribution >= 4 is 22.6 Å². The van der Waals surface area contributed by atoms with Crippen molar-refractivity contribution in [1.82, 2.24) is 10.2 Å². The number of phenolic OH excluding ortho intramolecular Hbond substituents is 1. The number of fused-ring (bicyclic) bond motifs is 1. The molecule has 31 heavy (non-hydrogen) atoms. The summed E-state index contributed by atoms with van der Waals surface area (Å²) >= 11 is 0. The van der Waals surface area contributed by atoms with Crippen molar-refractivity contribution in [3.05, 3.63) is 42.0 Å². The van der Waals surface area contributed by atoms with Crippen LogP contribution >= 0.6 is 0 Å². The number of hydrogen-bond donors (Lipinski definition) is 2. The molecule has 1 saturated carbocycles. The SMILES string of the molecule is COC(=O)[C@]1(C)C[C@H](NC(=O)c2ccc3ccccc3c2O)CN1CC1CCCCC1. The number of esters is 1. The molecule has 2 aromatic rings. The number of methoxy groups -OCH3 is 1. The molecule has 0 aromatic heterocycles. The lowest BCUT2D eigenvalue weighted by Gasteiger charge is -2.35. The molecule has 2 aromatic carbocycles. The third-order valence-corrected chi connectivity index (χ3v) is 7.09. The Labute approximate surface area is 183 Å². The van der Waals surface area contributed by atoms with Crippen molar-refractivity contribution < 1.29 is 19.4 Å². The van der Waals surface area contributed by atoms with Gasteiger partial charge in [0.05, 0.1) is 12.7 Å².